The summed E-state index contributed by atoms with van der Waals surface area (Å²) in [6.45, 7) is 0. The minimum absolute atomic E-state index is 0.00534. The molecule has 40 heavy (non-hydrogen) atoms. The minimum Gasteiger partial charge on any atom is -0.0622 e. The summed E-state index contributed by atoms with van der Waals surface area (Å²) in [7, 11) is 0. The molecule has 0 aliphatic rings. The molecule has 9 aromatic rings. The van der Waals surface area contributed by atoms with Crippen molar-refractivity contribution in [3.8, 4) is 22.3 Å². The maximum Gasteiger partial charge on any atom is 0.0636 e. The minimum atomic E-state index is -0.573. The maximum atomic E-state index is 9.38. The highest BCUT2D eigenvalue weighted by Crippen LogP contribution is 2.44. The summed E-state index contributed by atoms with van der Waals surface area (Å²) in [6, 6.07) is 20.8. The van der Waals surface area contributed by atoms with E-state index in [4.69, 9.17) is 12.3 Å². The molecule has 0 heteroatoms. The molecule has 9 rings (SSSR count). The highest BCUT2D eigenvalue weighted by atomic mass is 14.2. The van der Waals surface area contributed by atoms with E-state index in [1.54, 1.807) is 0 Å². The van der Waals surface area contributed by atoms with Gasteiger partial charge in [0.25, 0.3) is 0 Å². The predicted octanol–water partition coefficient (Wildman–Crippen LogP) is 11.4. The number of rotatable bonds is 2. The zero-order chi connectivity index (χ0) is 35.8. The van der Waals surface area contributed by atoms with Gasteiger partial charge in [-0.15, -0.1) is 0 Å². The molecule has 0 radical (unpaired) electrons. The maximum absolute atomic E-state index is 9.38. The van der Waals surface area contributed by atoms with Gasteiger partial charge in [0.1, 0.15) is 0 Å². The lowest BCUT2D eigenvalue weighted by Gasteiger charge is -2.18. The van der Waals surface area contributed by atoms with Crippen LogP contribution in [-0.4, -0.2) is 0 Å². The molecule has 0 N–H and O–H groups in total. The Morgan fingerprint density at radius 3 is 1.95 bits per heavy atom. The van der Waals surface area contributed by atoms with Gasteiger partial charge in [-0.1, -0.05) is 127 Å². The normalized spacial score (nSPS) is 15.8. The van der Waals surface area contributed by atoms with Gasteiger partial charge >= 0.3 is 0 Å². The molecule has 0 heterocycles. The van der Waals surface area contributed by atoms with Crippen LogP contribution in [0.4, 0.5) is 0 Å². The van der Waals surface area contributed by atoms with Gasteiger partial charge in [0.05, 0.1) is 15.1 Å². The van der Waals surface area contributed by atoms with Crippen LogP contribution in [0.15, 0.2) is 145 Å². The average molecular weight is 516 g/mol. The van der Waals surface area contributed by atoms with Crippen molar-refractivity contribution in [3.63, 3.8) is 0 Å². The van der Waals surface area contributed by atoms with Crippen molar-refractivity contribution in [2.45, 2.75) is 0 Å². The molecule has 9 aromatic carbocycles. The molecule has 0 nitrogen and oxygen atoms in total. The number of fused-ring (bicyclic) bond motifs is 4. The SMILES string of the molecule is [2H]c1c([2H])c([2H])c2c([2H])c3c(c([2H])c([2H])c4c([2H])c([2H])c([2H])c([2H])c43)c(-c3cc4ccc5ccc(-c6ccccc6)c6ccc(c3)c4c56)c2c1[2H]. The van der Waals surface area contributed by atoms with Crippen molar-refractivity contribution in [3.05, 3.63) is 145 Å². The van der Waals surface area contributed by atoms with Gasteiger partial charge in [0, 0.05) is 0 Å². The van der Waals surface area contributed by atoms with E-state index in [-0.39, 0.29) is 37.9 Å². The molecule has 0 saturated heterocycles. The van der Waals surface area contributed by atoms with Crippen molar-refractivity contribution in [1.29, 1.82) is 0 Å². The first kappa shape index (κ1) is 13.7. The molecule has 0 atom stereocenters. The van der Waals surface area contributed by atoms with Gasteiger partial charge < -0.3 is 0 Å². The summed E-state index contributed by atoms with van der Waals surface area (Å²) in [5.41, 5.74) is 2.85. The molecule has 0 aromatic heterocycles. The van der Waals surface area contributed by atoms with Crippen LogP contribution in [0.3, 0.4) is 0 Å². The lowest BCUT2D eigenvalue weighted by molar-refractivity contribution is 1.66. The van der Waals surface area contributed by atoms with E-state index in [0.29, 0.717) is 5.56 Å². The van der Waals surface area contributed by atoms with Gasteiger partial charge in [-0.2, -0.15) is 0 Å². The Morgan fingerprint density at radius 1 is 0.400 bits per heavy atom. The van der Waals surface area contributed by atoms with Crippen LogP contribution in [-0.2, 0) is 0 Å². The van der Waals surface area contributed by atoms with Crippen LogP contribution in [0.5, 0.6) is 0 Å². The first-order chi connectivity index (χ1) is 24.4. The van der Waals surface area contributed by atoms with Crippen molar-refractivity contribution in [2.24, 2.45) is 0 Å². The van der Waals surface area contributed by atoms with Crippen molar-refractivity contribution >= 4 is 64.6 Å². The van der Waals surface area contributed by atoms with Gasteiger partial charge in [0.15, 0.2) is 0 Å². The Morgan fingerprint density at radius 2 is 1.10 bits per heavy atom. The summed E-state index contributed by atoms with van der Waals surface area (Å²) in [4.78, 5) is 0. The molecule has 0 aliphatic carbocycles. The Kier molecular flexibility index (Phi) is 2.80. The van der Waals surface area contributed by atoms with Crippen molar-refractivity contribution in [2.75, 3.05) is 0 Å². The summed E-state index contributed by atoms with van der Waals surface area (Å²) >= 11 is 0. The highest BCUT2D eigenvalue weighted by molar-refractivity contribution is 6.27. The fraction of sp³-hybridized carbons (Fsp3) is 0. The van der Waals surface area contributed by atoms with Crippen LogP contribution >= 0.6 is 0 Å². The Balaban J connectivity index is 1.51. The van der Waals surface area contributed by atoms with Crippen molar-refractivity contribution < 1.29 is 15.1 Å². The number of hydrogen-bond donors (Lipinski definition) is 0. The Bertz CT molecular complexity index is 3010. The molecule has 0 bridgehead atoms. The van der Waals surface area contributed by atoms with E-state index in [9.17, 15) is 2.74 Å². The largest absolute Gasteiger partial charge is 0.0636 e. The summed E-state index contributed by atoms with van der Waals surface area (Å²) < 4.78 is 97.0. The second-order valence-corrected chi connectivity index (χ2v) is 10.1. The van der Waals surface area contributed by atoms with Crippen LogP contribution < -0.4 is 0 Å². The van der Waals surface area contributed by atoms with Gasteiger partial charge in [-0.05, 0) is 105 Å². The zero-order valence-electron chi connectivity index (χ0n) is 32.0. The summed E-state index contributed by atoms with van der Waals surface area (Å²) in [5, 5.41) is 5.31. The Labute approximate surface area is 247 Å². The highest BCUT2D eigenvalue weighted by Gasteiger charge is 2.16. The zero-order valence-corrected chi connectivity index (χ0v) is 21.0. The van der Waals surface area contributed by atoms with E-state index in [1.807, 2.05) is 48.5 Å². The van der Waals surface area contributed by atoms with Crippen molar-refractivity contribution in [1.82, 2.24) is 0 Å². The van der Waals surface area contributed by atoms with Gasteiger partial charge in [0.2, 0.25) is 0 Å². The first-order valence-electron chi connectivity index (χ1n) is 18.5. The van der Waals surface area contributed by atoms with E-state index in [0.717, 1.165) is 43.4 Å². The first-order valence-corrected chi connectivity index (χ1v) is 13.0. The topological polar surface area (TPSA) is 0 Å². The van der Waals surface area contributed by atoms with Crippen LogP contribution in [0.25, 0.3) is 86.9 Å². The fourth-order valence-corrected chi connectivity index (χ4v) is 6.18. The van der Waals surface area contributed by atoms with Gasteiger partial charge in [-0.3, -0.25) is 0 Å². The fourth-order valence-electron chi connectivity index (χ4n) is 6.18. The summed E-state index contributed by atoms with van der Waals surface area (Å²) in [6.07, 6.45) is 0. The van der Waals surface area contributed by atoms with Gasteiger partial charge in [-0.25, -0.2) is 0 Å². The monoisotopic (exact) mass is 515 g/mol. The molecule has 0 fully saturated rings. The summed E-state index contributed by atoms with van der Waals surface area (Å²) in [5.74, 6) is 0. The smallest absolute Gasteiger partial charge is 0.0622 e. The molecular formula is C40H24. The molecular weight excluding hydrogens is 480 g/mol. The third kappa shape index (κ3) is 3.02. The molecule has 0 aliphatic heterocycles. The lowest BCUT2D eigenvalue weighted by atomic mass is 9.86. The molecule has 0 amide bonds. The molecule has 0 spiro atoms. The molecule has 0 saturated carbocycles. The van der Waals surface area contributed by atoms with E-state index in [1.165, 1.54) is 0 Å². The average Bonchev–Trinajstić information content (AvgIpc) is 3.14. The van der Waals surface area contributed by atoms with Crippen LogP contribution in [0.2, 0.25) is 0 Å². The standard InChI is InChI=1S/C40H24/c1-2-8-25(9-3-1)33-19-17-27-14-15-29-22-31(23-30-18-21-35(33)40(27)38(29)30)39-34-13-7-5-11-28(34)24-37-32-12-6-4-10-26(32)16-20-36(37)39/h1-24H/i4D,5D,6D,7D,10D,11D,12D,13D,16D,20D,24D. The molecule has 184 valence electrons. The van der Waals surface area contributed by atoms with Crippen LogP contribution in [0.1, 0.15) is 15.1 Å². The van der Waals surface area contributed by atoms with E-state index >= 15 is 0 Å². The quantitative estimate of drug-likeness (QED) is 0.159. The van der Waals surface area contributed by atoms with E-state index in [2.05, 4.69) is 30.3 Å². The Hall–Kier alpha value is -5.20. The second kappa shape index (κ2) is 8.15. The second-order valence-electron chi connectivity index (χ2n) is 10.1. The van der Waals surface area contributed by atoms with E-state index < -0.39 is 66.5 Å². The number of benzene rings is 9. The number of hydrogen-bond acceptors (Lipinski definition) is 0. The predicted molar refractivity (Wildman–Crippen MR) is 174 cm³/mol. The molecule has 0 unspecified atom stereocenters. The van der Waals surface area contributed by atoms with Crippen LogP contribution in [0, 0.1) is 0 Å². The lowest BCUT2D eigenvalue weighted by Crippen LogP contribution is -1.90. The third-order valence-electron chi connectivity index (χ3n) is 7.91. The third-order valence-corrected chi connectivity index (χ3v) is 7.91.